The van der Waals surface area contributed by atoms with E-state index >= 15 is 0 Å². The van der Waals surface area contributed by atoms with Crippen molar-refractivity contribution in [2.75, 3.05) is 18.0 Å². The van der Waals surface area contributed by atoms with Gasteiger partial charge in [-0.2, -0.15) is 4.31 Å². The minimum absolute atomic E-state index is 0.0922. The minimum Gasteiger partial charge on any atom is -0.444 e. The summed E-state index contributed by atoms with van der Waals surface area (Å²) in [5, 5.41) is 0. The summed E-state index contributed by atoms with van der Waals surface area (Å²) in [5.74, 6) is -1.81. The number of carbonyl (C=O) groups is 1. The molecule has 0 aromatic heterocycles. The number of amides is 1. The van der Waals surface area contributed by atoms with Crippen LogP contribution in [0.1, 0.15) is 18.4 Å². The first-order valence-electron chi connectivity index (χ1n) is 8.87. The zero-order valence-electron chi connectivity index (χ0n) is 14.8. The van der Waals surface area contributed by atoms with Gasteiger partial charge in [0.05, 0.1) is 5.69 Å². The quantitative estimate of drug-likeness (QED) is 0.782. The molecule has 0 saturated carbocycles. The number of rotatable bonds is 3. The molecule has 4 rings (SSSR count). The van der Waals surface area contributed by atoms with E-state index in [1.54, 1.807) is 4.90 Å². The van der Waals surface area contributed by atoms with Gasteiger partial charge in [0.25, 0.3) is 0 Å². The molecule has 1 saturated heterocycles. The summed E-state index contributed by atoms with van der Waals surface area (Å²) in [7, 11) is -4.16. The third-order valence-electron chi connectivity index (χ3n) is 5.10. The lowest BCUT2D eigenvalue weighted by atomic mass is 10.0. The average Bonchev–Trinajstić information content (AvgIpc) is 2.70. The average molecular weight is 408 g/mol. The molecule has 6 nitrogen and oxygen atoms in total. The van der Waals surface area contributed by atoms with Crippen molar-refractivity contribution in [3.8, 4) is 0 Å². The molecule has 0 N–H and O–H groups in total. The molecule has 2 aromatic carbocycles. The van der Waals surface area contributed by atoms with E-state index in [-0.39, 0.29) is 25.7 Å². The SMILES string of the molecule is O=C1OCc2ccccc2N1C1CCN(S(=O)(=O)c2cc(F)ccc2F)CC1. The van der Waals surface area contributed by atoms with Crippen LogP contribution in [-0.2, 0) is 21.4 Å². The van der Waals surface area contributed by atoms with Gasteiger partial charge in [-0.25, -0.2) is 22.0 Å². The number of para-hydroxylation sites is 1. The van der Waals surface area contributed by atoms with Crippen molar-refractivity contribution in [3.63, 3.8) is 0 Å². The number of halogens is 2. The van der Waals surface area contributed by atoms with Gasteiger partial charge in [0.1, 0.15) is 23.1 Å². The standard InChI is InChI=1S/C19H18F2N2O4S/c20-14-5-6-16(21)18(11-14)28(25,26)22-9-7-15(8-10-22)23-17-4-2-1-3-13(17)12-27-19(23)24/h1-6,11,15H,7-10,12H2. The number of anilines is 1. The van der Waals surface area contributed by atoms with Crippen LogP contribution in [-0.4, -0.2) is 37.9 Å². The van der Waals surface area contributed by atoms with Gasteiger partial charge in [-0.3, -0.25) is 4.90 Å². The van der Waals surface area contributed by atoms with Gasteiger partial charge >= 0.3 is 6.09 Å². The second kappa shape index (κ2) is 7.14. The molecular weight excluding hydrogens is 390 g/mol. The zero-order valence-corrected chi connectivity index (χ0v) is 15.7. The molecule has 0 aliphatic carbocycles. The first-order valence-corrected chi connectivity index (χ1v) is 10.3. The number of hydrogen-bond donors (Lipinski definition) is 0. The second-order valence-corrected chi connectivity index (χ2v) is 8.67. The van der Waals surface area contributed by atoms with E-state index in [1.165, 1.54) is 0 Å². The Balaban J connectivity index is 1.54. The summed E-state index contributed by atoms with van der Waals surface area (Å²) in [5.41, 5.74) is 1.65. The number of ether oxygens (including phenoxy) is 1. The van der Waals surface area contributed by atoms with Crippen LogP contribution in [0.15, 0.2) is 47.4 Å². The molecule has 2 aliphatic rings. The maximum absolute atomic E-state index is 14.0. The molecule has 0 atom stereocenters. The van der Waals surface area contributed by atoms with Gasteiger partial charge in [0.15, 0.2) is 0 Å². The van der Waals surface area contributed by atoms with Crippen LogP contribution in [0.4, 0.5) is 19.3 Å². The highest BCUT2D eigenvalue weighted by Crippen LogP contribution is 2.33. The molecule has 0 bridgehead atoms. The number of benzene rings is 2. The summed E-state index contributed by atoms with van der Waals surface area (Å²) in [4.78, 5) is 13.2. The third kappa shape index (κ3) is 3.24. The molecule has 0 radical (unpaired) electrons. The molecule has 28 heavy (non-hydrogen) atoms. The molecule has 2 aromatic rings. The maximum atomic E-state index is 14.0. The summed E-state index contributed by atoms with van der Waals surface area (Å²) in [6, 6.07) is 9.53. The van der Waals surface area contributed by atoms with E-state index in [0.717, 1.165) is 27.7 Å². The number of fused-ring (bicyclic) bond motifs is 1. The predicted octanol–water partition coefficient (Wildman–Crippen LogP) is 3.27. The number of carbonyl (C=O) groups excluding carboxylic acids is 1. The Hall–Kier alpha value is -2.52. The lowest BCUT2D eigenvalue weighted by Crippen LogP contribution is -2.50. The fourth-order valence-corrected chi connectivity index (χ4v) is 5.22. The van der Waals surface area contributed by atoms with Crippen molar-refractivity contribution in [1.82, 2.24) is 4.31 Å². The Bertz CT molecular complexity index is 1020. The van der Waals surface area contributed by atoms with Crippen molar-refractivity contribution in [2.45, 2.75) is 30.4 Å². The number of piperidine rings is 1. The van der Waals surface area contributed by atoms with Crippen LogP contribution in [0, 0.1) is 11.6 Å². The Morgan fingerprint density at radius 1 is 1.04 bits per heavy atom. The Labute approximate surface area is 161 Å². The highest BCUT2D eigenvalue weighted by atomic mass is 32.2. The molecule has 9 heteroatoms. The fraction of sp³-hybridized carbons (Fsp3) is 0.316. The summed E-state index contributed by atoms with van der Waals surface area (Å²) >= 11 is 0. The summed E-state index contributed by atoms with van der Waals surface area (Å²) in [6.07, 6.45) is 0.260. The molecule has 0 spiro atoms. The van der Waals surface area contributed by atoms with E-state index in [4.69, 9.17) is 4.74 Å². The van der Waals surface area contributed by atoms with Crippen molar-refractivity contribution in [2.24, 2.45) is 0 Å². The maximum Gasteiger partial charge on any atom is 0.414 e. The van der Waals surface area contributed by atoms with Crippen LogP contribution in [0.25, 0.3) is 0 Å². The lowest BCUT2D eigenvalue weighted by Gasteiger charge is -2.39. The molecular formula is C19H18F2N2O4S. The van der Waals surface area contributed by atoms with Crippen molar-refractivity contribution in [3.05, 3.63) is 59.7 Å². The van der Waals surface area contributed by atoms with Crippen molar-refractivity contribution < 1.29 is 26.7 Å². The van der Waals surface area contributed by atoms with Crippen LogP contribution in [0.3, 0.4) is 0 Å². The van der Waals surface area contributed by atoms with Gasteiger partial charge in [-0.05, 0) is 37.1 Å². The first kappa shape index (κ1) is 18.8. The topological polar surface area (TPSA) is 66.9 Å². The van der Waals surface area contributed by atoms with Crippen LogP contribution in [0.2, 0.25) is 0 Å². The molecule has 148 valence electrons. The van der Waals surface area contributed by atoms with Crippen LogP contribution < -0.4 is 4.90 Å². The fourth-order valence-electron chi connectivity index (χ4n) is 3.68. The van der Waals surface area contributed by atoms with E-state index in [2.05, 4.69) is 0 Å². The van der Waals surface area contributed by atoms with Gasteiger partial charge in [0.2, 0.25) is 10.0 Å². The van der Waals surface area contributed by atoms with Gasteiger partial charge in [0, 0.05) is 24.7 Å². The molecule has 1 amide bonds. The highest BCUT2D eigenvalue weighted by Gasteiger charge is 2.37. The van der Waals surface area contributed by atoms with Gasteiger partial charge in [-0.15, -0.1) is 0 Å². The van der Waals surface area contributed by atoms with E-state index in [0.29, 0.717) is 18.9 Å². The Kier molecular flexibility index (Phi) is 4.80. The number of hydrogen-bond acceptors (Lipinski definition) is 4. The zero-order chi connectivity index (χ0) is 19.9. The third-order valence-corrected chi connectivity index (χ3v) is 7.01. The van der Waals surface area contributed by atoms with Crippen LogP contribution in [0.5, 0.6) is 0 Å². The largest absolute Gasteiger partial charge is 0.444 e. The second-order valence-electron chi connectivity index (χ2n) is 6.76. The van der Waals surface area contributed by atoms with E-state index in [9.17, 15) is 22.0 Å². The Morgan fingerprint density at radius 3 is 2.50 bits per heavy atom. The summed E-state index contributed by atoms with van der Waals surface area (Å²) < 4.78 is 59.2. The molecule has 2 heterocycles. The number of cyclic esters (lactones) is 1. The lowest BCUT2D eigenvalue weighted by molar-refractivity contribution is 0.136. The van der Waals surface area contributed by atoms with Gasteiger partial charge < -0.3 is 4.74 Å². The highest BCUT2D eigenvalue weighted by molar-refractivity contribution is 7.89. The predicted molar refractivity (Wildman–Crippen MR) is 97.2 cm³/mol. The molecule has 2 aliphatic heterocycles. The summed E-state index contributed by atoms with van der Waals surface area (Å²) in [6.45, 7) is 0.390. The van der Waals surface area contributed by atoms with Crippen molar-refractivity contribution in [1.29, 1.82) is 0 Å². The molecule has 0 unspecified atom stereocenters. The number of nitrogens with zero attached hydrogens (tertiary/aromatic N) is 2. The molecule has 1 fully saturated rings. The van der Waals surface area contributed by atoms with E-state index < -0.39 is 32.6 Å². The first-order chi connectivity index (χ1) is 13.4. The number of sulfonamides is 1. The normalized spacial score (nSPS) is 18.6. The smallest absolute Gasteiger partial charge is 0.414 e. The van der Waals surface area contributed by atoms with E-state index in [1.807, 2.05) is 24.3 Å². The Morgan fingerprint density at radius 2 is 1.75 bits per heavy atom. The van der Waals surface area contributed by atoms with Crippen molar-refractivity contribution >= 4 is 21.8 Å². The monoisotopic (exact) mass is 408 g/mol. The van der Waals surface area contributed by atoms with Crippen LogP contribution >= 0.6 is 0 Å². The van der Waals surface area contributed by atoms with Gasteiger partial charge in [-0.1, -0.05) is 18.2 Å². The minimum atomic E-state index is -4.16.